The topological polar surface area (TPSA) is 50.8 Å². The third kappa shape index (κ3) is 2.10. The van der Waals surface area contributed by atoms with Gasteiger partial charge >= 0.3 is 6.61 Å². The molecule has 1 aromatic carbocycles. The maximum Gasteiger partial charge on any atom is 0.387 e. The highest BCUT2D eigenvalue weighted by molar-refractivity contribution is 5.81. The Balaban J connectivity index is 2.29. The third-order valence-electron chi connectivity index (χ3n) is 3.31. The molecular formula is C12H15F2N3O. The monoisotopic (exact) mass is 255 g/mol. The maximum atomic E-state index is 12.2. The quantitative estimate of drug-likeness (QED) is 0.895. The van der Waals surface area contributed by atoms with Crippen molar-refractivity contribution < 1.29 is 13.5 Å². The molecule has 1 heterocycles. The molecule has 6 heteroatoms. The van der Waals surface area contributed by atoms with Gasteiger partial charge in [-0.3, -0.25) is 4.99 Å². The van der Waals surface area contributed by atoms with Crippen LogP contribution in [0, 0.1) is 0 Å². The summed E-state index contributed by atoms with van der Waals surface area (Å²) in [5.74, 6) is 0.584. The molecule has 18 heavy (non-hydrogen) atoms. The summed E-state index contributed by atoms with van der Waals surface area (Å²) in [6.07, 6.45) is 0. The van der Waals surface area contributed by atoms with Gasteiger partial charge in [-0.1, -0.05) is 12.1 Å². The van der Waals surface area contributed by atoms with Crippen LogP contribution in [-0.2, 0) is 5.54 Å². The number of nitrogens with zero attached hydrogens (tertiary/aromatic N) is 2. The maximum absolute atomic E-state index is 12.2. The van der Waals surface area contributed by atoms with Gasteiger partial charge in [-0.05, 0) is 24.6 Å². The van der Waals surface area contributed by atoms with Crippen LogP contribution in [0.4, 0.5) is 8.78 Å². The fraction of sp³-hybridized carbons (Fsp3) is 0.417. The first-order valence-corrected chi connectivity index (χ1v) is 5.52. The van der Waals surface area contributed by atoms with Gasteiger partial charge < -0.3 is 15.4 Å². The minimum absolute atomic E-state index is 0.141. The molecule has 0 aromatic heterocycles. The predicted octanol–water partition coefficient (Wildman–Crippen LogP) is 1.76. The van der Waals surface area contributed by atoms with Crippen molar-refractivity contribution in [1.29, 1.82) is 0 Å². The Labute approximate surface area is 104 Å². The summed E-state index contributed by atoms with van der Waals surface area (Å²) < 4.78 is 28.8. The second kappa shape index (κ2) is 4.44. The van der Waals surface area contributed by atoms with Gasteiger partial charge in [-0.25, -0.2) is 0 Å². The van der Waals surface area contributed by atoms with Gasteiger partial charge in [-0.15, -0.1) is 0 Å². The summed E-state index contributed by atoms with van der Waals surface area (Å²) in [5, 5.41) is 0. The number of ether oxygens (including phenoxy) is 1. The number of hydrogen-bond donors (Lipinski definition) is 1. The normalized spacial score (nSPS) is 23.4. The predicted molar refractivity (Wildman–Crippen MR) is 64.7 cm³/mol. The fourth-order valence-electron chi connectivity index (χ4n) is 1.99. The van der Waals surface area contributed by atoms with Gasteiger partial charge in [-0.2, -0.15) is 8.78 Å². The molecule has 0 spiro atoms. The number of guanidine groups is 1. The molecule has 0 amide bonds. The van der Waals surface area contributed by atoms with E-state index in [-0.39, 0.29) is 5.75 Å². The van der Waals surface area contributed by atoms with E-state index in [1.807, 2.05) is 24.9 Å². The Morgan fingerprint density at radius 3 is 2.78 bits per heavy atom. The number of hydrogen-bond acceptors (Lipinski definition) is 4. The van der Waals surface area contributed by atoms with Crippen molar-refractivity contribution >= 4 is 5.96 Å². The molecule has 98 valence electrons. The van der Waals surface area contributed by atoms with Crippen LogP contribution >= 0.6 is 0 Å². The largest absolute Gasteiger partial charge is 0.435 e. The first-order valence-electron chi connectivity index (χ1n) is 5.52. The zero-order valence-corrected chi connectivity index (χ0v) is 10.2. The number of nitrogens with two attached hydrogens (primary N) is 1. The van der Waals surface area contributed by atoms with Crippen molar-refractivity contribution in [3.63, 3.8) is 0 Å². The molecule has 0 saturated carbocycles. The standard InChI is InChI=1S/C12H15F2N3O/c1-12(7-16-11(15)17(12)2)8-4-3-5-9(6-8)18-10(13)14/h3-6,10H,7H2,1-2H3,(H2,15,16). The van der Waals surface area contributed by atoms with E-state index in [0.717, 1.165) is 5.56 Å². The third-order valence-corrected chi connectivity index (χ3v) is 3.31. The first-order chi connectivity index (χ1) is 8.43. The Kier molecular flexibility index (Phi) is 3.11. The number of likely N-dealkylation sites (N-methyl/N-ethyl adjacent to an activating group) is 1. The van der Waals surface area contributed by atoms with E-state index in [9.17, 15) is 8.78 Å². The Morgan fingerprint density at radius 1 is 1.50 bits per heavy atom. The molecule has 4 nitrogen and oxygen atoms in total. The first kappa shape index (κ1) is 12.6. The lowest BCUT2D eigenvalue weighted by atomic mass is 9.91. The Bertz CT molecular complexity index is 478. The smallest absolute Gasteiger partial charge is 0.387 e. The van der Waals surface area contributed by atoms with Crippen LogP contribution in [0.1, 0.15) is 12.5 Å². The van der Waals surface area contributed by atoms with E-state index in [4.69, 9.17) is 5.73 Å². The molecule has 0 aliphatic carbocycles. The minimum Gasteiger partial charge on any atom is -0.435 e. The van der Waals surface area contributed by atoms with E-state index < -0.39 is 12.2 Å². The van der Waals surface area contributed by atoms with Crippen molar-refractivity contribution in [2.75, 3.05) is 13.6 Å². The second-order valence-electron chi connectivity index (χ2n) is 4.41. The van der Waals surface area contributed by atoms with Gasteiger partial charge in [0.05, 0.1) is 12.1 Å². The van der Waals surface area contributed by atoms with Gasteiger partial charge in [0.2, 0.25) is 0 Å². The molecule has 1 aliphatic rings. The van der Waals surface area contributed by atoms with E-state index in [0.29, 0.717) is 12.5 Å². The van der Waals surface area contributed by atoms with Gasteiger partial charge in [0, 0.05) is 7.05 Å². The van der Waals surface area contributed by atoms with E-state index in [2.05, 4.69) is 9.73 Å². The highest BCUT2D eigenvalue weighted by Gasteiger charge is 2.37. The summed E-state index contributed by atoms with van der Waals surface area (Å²) >= 11 is 0. The summed E-state index contributed by atoms with van der Waals surface area (Å²) in [5.41, 5.74) is 6.15. The molecule has 1 aliphatic heterocycles. The summed E-state index contributed by atoms with van der Waals surface area (Å²) in [4.78, 5) is 6.00. The minimum atomic E-state index is -2.82. The summed E-state index contributed by atoms with van der Waals surface area (Å²) in [6, 6.07) is 6.62. The van der Waals surface area contributed by atoms with Crippen LogP contribution in [0.15, 0.2) is 29.3 Å². The zero-order chi connectivity index (χ0) is 13.3. The van der Waals surface area contributed by atoms with Gasteiger partial charge in [0.25, 0.3) is 0 Å². The van der Waals surface area contributed by atoms with Crippen LogP contribution in [0.5, 0.6) is 5.75 Å². The van der Waals surface area contributed by atoms with E-state index in [1.54, 1.807) is 12.1 Å². The SMILES string of the molecule is CN1C(N)=NCC1(C)c1cccc(OC(F)F)c1. The Hall–Kier alpha value is -1.85. The summed E-state index contributed by atoms with van der Waals surface area (Å²) in [7, 11) is 1.83. The molecule has 2 rings (SSSR count). The summed E-state index contributed by atoms with van der Waals surface area (Å²) in [6.45, 7) is -0.374. The van der Waals surface area contributed by atoms with Gasteiger partial charge in [0.1, 0.15) is 5.75 Å². The highest BCUT2D eigenvalue weighted by Crippen LogP contribution is 2.33. The number of halogens is 2. The van der Waals surface area contributed by atoms with Crippen LogP contribution < -0.4 is 10.5 Å². The lowest BCUT2D eigenvalue weighted by molar-refractivity contribution is -0.0499. The number of alkyl halides is 2. The molecule has 0 fully saturated rings. The van der Waals surface area contributed by atoms with Crippen LogP contribution in [0.2, 0.25) is 0 Å². The number of rotatable bonds is 3. The molecule has 1 unspecified atom stereocenters. The van der Waals surface area contributed by atoms with Gasteiger partial charge in [0.15, 0.2) is 5.96 Å². The number of aliphatic imine (C=N–C) groups is 1. The highest BCUT2D eigenvalue weighted by atomic mass is 19.3. The lowest BCUT2D eigenvalue weighted by Crippen LogP contribution is -2.44. The van der Waals surface area contributed by atoms with Crippen LogP contribution in [-0.4, -0.2) is 31.1 Å². The van der Waals surface area contributed by atoms with Crippen molar-refractivity contribution in [2.24, 2.45) is 10.7 Å². The number of benzene rings is 1. The molecule has 1 atom stereocenters. The molecule has 1 aromatic rings. The molecule has 0 saturated heterocycles. The van der Waals surface area contributed by atoms with Crippen molar-refractivity contribution in [1.82, 2.24) is 4.90 Å². The fourth-order valence-corrected chi connectivity index (χ4v) is 1.99. The van der Waals surface area contributed by atoms with Crippen molar-refractivity contribution in [3.8, 4) is 5.75 Å². The molecule has 0 radical (unpaired) electrons. The van der Waals surface area contributed by atoms with E-state index in [1.165, 1.54) is 6.07 Å². The van der Waals surface area contributed by atoms with Crippen molar-refractivity contribution in [2.45, 2.75) is 19.1 Å². The molecule has 2 N–H and O–H groups in total. The molecule has 0 bridgehead atoms. The second-order valence-corrected chi connectivity index (χ2v) is 4.41. The van der Waals surface area contributed by atoms with E-state index >= 15 is 0 Å². The zero-order valence-electron chi connectivity index (χ0n) is 10.2. The lowest BCUT2D eigenvalue weighted by Gasteiger charge is -2.33. The average Bonchev–Trinajstić information content (AvgIpc) is 2.58. The molecular weight excluding hydrogens is 240 g/mol. The average molecular weight is 255 g/mol. The van der Waals surface area contributed by atoms with Crippen molar-refractivity contribution in [3.05, 3.63) is 29.8 Å². The Morgan fingerprint density at radius 2 is 2.22 bits per heavy atom. The van der Waals surface area contributed by atoms with Crippen LogP contribution in [0.25, 0.3) is 0 Å². The van der Waals surface area contributed by atoms with Crippen LogP contribution in [0.3, 0.4) is 0 Å².